The summed E-state index contributed by atoms with van der Waals surface area (Å²) in [5.74, 6) is 0.932. The number of furan rings is 1. The van der Waals surface area contributed by atoms with E-state index in [4.69, 9.17) is 9.68 Å². The maximum atomic E-state index is 8.82. The molecule has 0 aliphatic carbocycles. The summed E-state index contributed by atoms with van der Waals surface area (Å²) in [5.41, 5.74) is 3.04. The molecule has 0 aliphatic heterocycles. The van der Waals surface area contributed by atoms with Gasteiger partial charge in [0.25, 0.3) is 0 Å². The minimum absolute atomic E-state index is 0.176. The Morgan fingerprint density at radius 3 is 2.83 bits per heavy atom. The van der Waals surface area contributed by atoms with Gasteiger partial charge in [-0.3, -0.25) is 0 Å². The highest BCUT2D eigenvalue weighted by molar-refractivity contribution is 5.37. The van der Waals surface area contributed by atoms with Crippen molar-refractivity contribution in [1.29, 1.82) is 5.26 Å². The summed E-state index contributed by atoms with van der Waals surface area (Å²) in [6, 6.07) is 11.9. The minimum Gasteiger partial charge on any atom is -0.468 e. The zero-order valence-electron chi connectivity index (χ0n) is 10.6. The summed E-state index contributed by atoms with van der Waals surface area (Å²) in [4.78, 5) is 0. The van der Waals surface area contributed by atoms with E-state index in [2.05, 4.69) is 18.3 Å². The normalized spacial score (nSPS) is 12.1. The maximum absolute atomic E-state index is 8.82. The molecule has 0 bridgehead atoms. The highest BCUT2D eigenvalue weighted by Gasteiger charge is 2.08. The standard InChI is InChI=1S/C15H16N2O/c1-11-8-13(9-16)5-6-14(11)10-17-12(2)15-4-3-7-18-15/h3-8,12,17H,10H2,1-2H3/t12-/m1/s1. The molecule has 3 heteroatoms. The van der Waals surface area contributed by atoms with Crippen molar-refractivity contribution in [2.75, 3.05) is 0 Å². The first-order valence-electron chi connectivity index (χ1n) is 5.97. The fourth-order valence-corrected chi connectivity index (χ4v) is 1.87. The predicted molar refractivity (Wildman–Crippen MR) is 69.9 cm³/mol. The van der Waals surface area contributed by atoms with Crippen LogP contribution in [-0.4, -0.2) is 0 Å². The zero-order valence-corrected chi connectivity index (χ0v) is 10.6. The van der Waals surface area contributed by atoms with Gasteiger partial charge in [0, 0.05) is 6.54 Å². The number of hydrogen-bond donors (Lipinski definition) is 1. The summed E-state index contributed by atoms with van der Waals surface area (Å²) in [6.07, 6.45) is 1.68. The Bertz CT molecular complexity index is 552. The summed E-state index contributed by atoms with van der Waals surface area (Å²) in [6.45, 7) is 4.85. The molecule has 0 spiro atoms. The van der Waals surface area contributed by atoms with Crippen molar-refractivity contribution in [3.8, 4) is 6.07 Å². The molecule has 0 aliphatic rings. The molecule has 1 aromatic heterocycles. The van der Waals surface area contributed by atoms with E-state index in [0.29, 0.717) is 5.56 Å². The average molecular weight is 240 g/mol. The van der Waals surface area contributed by atoms with Crippen LogP contribution < -0.4 is 5.32 Å². The molecule has 1 aromatic carbocycles. The lowest BCUT2D eigenvalue weighted by Crippen LogP contribution is -2.18. The molecule has 18 heavy (non-hydrogen) atoms. The molecule has 0 fully saturated rings. The summed E-state index contributed by atoms with van der Waals surface area (Å²) >= 11 is 0. The molecule has 1 N–H and O–H groups in total. The average Bonchev–Trinajstić information content (AvgIpc) is 2.90. The van der Waals surface area contributed by atoms with Crippen molar-refractivity contribution in [2.45, 2.75) is 26.4 Å². The van der Waals surface area contributed by atoms with Gasteiger partial charge in [-0.25, -0.2) is 0 Å². The van der Waals surface area contributed by atoms with Gasteiger partial charge in [0.2, 0.25) is 0 Å². The monoisotopic (exact) mass is 240 g/mol. The first-order chi connectivity index (χ1) is 8.70. The SMILES string of the molecule is Cc1cc(C#N)ccc1CN[C@H](C)c1ccco1. The topological polar surface area (TPSA) is 49.0 Å². The third-order valence-electron chi connectivity index (χ3n) is 3.04. The fraction of sp³-hybridized carbons (Fsp3) is 0.267. The minimum atomic E-state index is 0.176. The molecule has 0 radical (unpaired) electrons. The summed E-state index contributed by atoms with van der Waals surface area (Å²) in [5, 5.41) is 12.2. The van der Waals surface area contributed by atoms with Crippen LogP contribution in [0.3, 0.4) is 0 Å². The molecular formula is C15H16N2O. The maximum Gasteiger partial charge on any atom is 0.120 e. The van der Waals surface area contributed by atoms with Gasteiger partial charge in [0.05, 0.1) is 23.9 Å². The molecular weight excluding hydrogens is 224 g/mol. The van der Waals surface area contributed by atoms with Crippen LogP contribution in [0.4, 0.5) is 0 Å². The molecule has 2 rings (SSSR count). The van der Waals surface area contributed by atoms with Crippen molar-refractivity contribution in [2.24, 2.45) is 0 Å². The highest BCUT2D eigenvalue weighted by Crippen LogP contribution is 2.15. The van der Waals surface area contributed by atoms with Crippen LogP contribution in [0.25, 0.3) is 0 Å². The number of nitrogens with zero attached hydrogens (tertiary/aromatic N) is 1. The lowest BCUT2D eigenvalue weighted by atomic mass is 10.1. The van der Waals surface area contributed by atoms with Gasteiger partial charge in [-0.15, -0.1) is 0 Å². The lowest BCUT2D eigenvalue weighted by Gasteiger charge is -2.13. The van der Waals surface area contributed by atoms with Crippen LogP contribution in [0.15, 0.2) is 41.0 Å². The molecule has 2 aromatic rings. The van der Waals surface area contributed by atoms with Gasteiger partial charge in [0.15, 0.2) is 0 Å². The number of nitriles is 1. The zero-order chi connectivity index (χ0) is 13.0. The lowest BCUT2D eigenvalue weighted by molar-refractivity contribution is 0.430. The van der Waals surface area contributed by atoms with E-state index >= 15 is 0 Å². The van der Waals surface area contributed by atoms with Gasteiger partial charge < -0.3 is 9.73 Å². The number of hydrogen-bond acceptors (Lipinski definition) is 3. The van der Waals surface area contributed by atoms with Crippen LogP contribution in [-0.2, 0) is 6.54 Å². The van der Waals surface area contributed by atoms with Crippen molar-refractivity contribution in [3.63, 3.8) is 0 Å². The molecule has 3 nitrogen and oxygen atoms in total. The van der Waals surface area contributed by atoms with Crippen molar-refractivity contribution < 1.29 is 4.42 Å². The first-order valence-corrected chi connectivity index (χ1v) is 5.97. The number of benzene rings is 1. The van der Waals surface area contributed by atoms with E-state index in [1.165, 1.54) is 5.56 Å². The second kappa shape index (κ2) is 5.52. The molecule has 92 valence electrons. The van der Waals surface area contributed by atoms with Crippen LogP contribution >= 0.6 is 0 Å². The Morgan fingerprint density at radius 2 is 2.22 bits per heavy atom. The second-order valence-corrected chi connectivity index (χ2v) is 4.37. The molecule has 1 heterocycles. The van der Waals surface area contributed by atoms with E-state index in [9.17, 15) is 0 Å². The first kappa shape index (κ1) is 12.4. The quantitative estimate of drug-likeness (QED) is 0.891. The van der Waals surface area contributed by atoms with Crippen LogP contribution in [0.5, 0.6) is 0 Å². The molecule has 1 atom stereocenters. The van der Waals surface area contributed by atoms with Crippen LogP contribution in [0, 0.1) is 18.3 Å². The Kier molecular flexibility index (Phi) is 3.81. The third-order valence-corrected chi connectivity index (χ3v) is 3.04. The van der Waals surface area contributed by atoms with E-state index < -0.39 is 0 Å². The Balaban J connectivity index is 2.00. The smallest absolute Gasteiger partial charge is 0.120 e. The largest absolute Gasteiger partial charge is 0.468 e. The van der Waals surface area contributed by atoms with E-state index in [0.717, 1.165) is 17.9 Å². The Labute approximate surface area is 107 Å². The van der Waals surface area contributed by atoms with Crippen molar-refractivity contribution in [1.82, 2.24) is 5.32 Å². The fourth-order valence-electron chi connectivity index (χ4n) is 1.87. The number of nitrogens with one attached hydrogen (secondary N) is 1. The molecule has 0 unspecified atom stereocenters. The van der Waals surface area contributed by atoms with Gasteiger partial charge in [-0.1, -0.05) is 6.07 Å². The highest BCUT2D eigenvalue weighted by atomic mass is 16.3. The number of aryl methyl sites for hydroxylation is 1. The molecule has 0 saturated carbocycles. The molecule has 0 amide bonds. The van der Waals surface area contributed by atoms with Gasteiger partial charge >= 0.3 is 0 Å². The van der Waals surface area contributed by atoms with Gasteiger partial charge in [-0.2, -0.15) is 5.26 Å². The number of rotatable bonds is 4. The van der Waals surface area contributed by atoms with Crippen LogP contribution in [0.2, 0.25) is 0 Å². The van der Waals surface area contributed by atoms with Crippen molar-refractivity contribution >= 4 is 0 Å². The van der Waals surface area contributed by atoms with Gasteiger partial charge in [-0.05, 0) is 49.2 Å². The molecule has 0 saturated heterocycles. The van der Waals surface area contributed by atoms with E-state index in [1.54, 1.807) is 6.26 Å². The van der Waals surface area contributed by atoms with Gasteiger partial charge in [0.1, 0.15) is 5.76 Å². The van der Waals surface area contributed by atoms with E-state index in [1.807, 2.05) is 37.3 Å². The summed E-state index contributed by atoms with van der Waals surface area (Å²) in [7, 11) is 0. The second-order valence-electron chi connectivity index (χ2n) is 4.37. The summed E-state index contributed by atoms with van der Waals surface area (Å²) < 4.78 is 5.34. The Morgan fingerprint density at radius 1 is 1.39 bits per heavy atom. The predicted octanol–water partition coefficient (Wildman–Crippen LogP) is 3.31. The van der Waals surface area contributed by atoms with Crippen LogP contribution in [0.1, 0.15) is 35.4 Å². The third kappa shape index (κ3) is 2.79. The Hall–Kier alpha value is -2.05. The van der Waals surface area contributed by atoms with Crippen molar-refractivity contribution in [3.05, 3.63) is 59.0 Å². The van der Waals surface area contributed by atoms with E-state index in [-0.39, 0.29) is 6.04 Å².